The van der Waals surface area contributed by atoms with Crippen molar-refractivity contribution < 1.29 is 37.4 Å². The largest absolute Gasteiger partial charge is 0.471 e. The number of nitrogens with one attached hydrogen (secondary N) is 1. The number of oxime groups is 1. The molecule has 1 aliphatic heterocycles. The quantitative estimate of drug-likeness (QED) is 0.0632. The van der Waals surface area contributed by atoms with Gasteiger partial charge in [-0.25, -0.2) is 9.79 Å². The molecule has 17 heteroatoms. The zero-order valence-electron chi connectivity index (χ0n) is 24.1. The molecule has 1 saturated heterocycles. The van der Waals surface area contributed by atoms with Crippen molar-refractivity contribution in [3.05, 3.63) is 22.2 Å². The second kappa shape index (κ2) is 16.2. The maximum atomic E-state index is 12.9. The number of aliphatic hydroxyl groups is 1. The first-order valence-electron chi connectivity index (χ1n) is 12.6. The van der Waals surface area contributed by atoms with Crippen molar-refractivity contribution in [2.45, 2.75) is 63.5 Å². The van der Waals surface area contributed by atoms with Crippen molar-refractivity contribution in [2.75, 3.05) is 39.8 Å². The zero-order valence-corrected chi connectivity index (χ0v) is 25.7. The summed E-state index contributed by atoms with van der Waals surface area (Å²) in [4.78, 5) is 39.3. The Morgan fingerprint density at radius 2 is 2.10 bits per heavy atom. The summed E-state index contributed by atoms with van der Waals surface area (Å²) in [6, 6.07) is 0. The summed E-state index contributed by atoms with van der Waals surface area (Å²) in [5, 5.41) is 15.5. The van der Waals surface area contributed by atoms with Gasteiger partial charge >= 0.3 is 17.8 Å². The molecule has 0 aliphatic carbocycles. The van der Waals surface area contributed by atoms with E-state index in [4.69, 9.17) is 14.3 Å². The first-order valence-corrected chi connectivity index (χ1v) is 14.9. The molecule has 1 aromatic rings. The normalized spacial score (nSPS) is 18.9. The van der Waals surface area contributed by atoms with Gasteiger partial charge in [-0.2, -0.15) is 18.2 Å². The minimum Gasteiger partial charge on any atom is -0.394 e. The van der Waals surface area contributed by atoms with Crippen LogP contribution in [0.1, 0.15) is 45.9 Å². The molecular weight excluding hydrogens is 601 g/mol. The second-order valence-corrected chi connectivity index (χ2v) is 13.0. The number of hydrogen-bond donors (Lipinski definition) is 2. The fourth-order valence-electron chi connectivity index (χ4n) is 3.21. The van der Waals surface area contributed by atoms with E-state index in [1.807, 2.05) is 5.32 Å². The van der Waals surface area contributed by atoms with Gasteiger partial charge in [0.1, 0.15) is 24.9 Å². The van der Waals surface area contributed by atoms with E-state index in [1.54, 1.807) is 46.7 Å². The monoisotopic (exact) mass is 636 g/mol. The number of carbonyl (C=O) groups excluding carboxylic acids is 1. The summed E-state index contributed by atoms with van der Waals surface area (Å²) in [7, 11) is 6.03. The third kappa shape index (κ3) is 11.8. The van der Waals surface area contributed by atoms with Crippen LogP contribution in [0.3, 0.4) is 0 Å². The van der Waals surface area contributed by atoms with Gasteiger partial charge in [-0.3, -0.25) is 9.36 Å². The maximum absolute atomic E-state index is 12.9. The summed E-state index contributed by atoms with van der Waals surface area (Å²) >= 11 is 0. The van der Waals surface area contributed by atoms with Crippen molar-refractivity contribution in [3.63, 3.8) is 0 Å². The number of aromatic nitrogens is 2. The maximum Gasteiger partial charge on any atom is 0.471 e. The molecule has 234 valence electrons. The van der Waals surface area contributed by atoms with Crippen molar-refractivity contribution >= 4 is 45.4 Å². The third-order valence-corrected chi connectivity index (χ3v) is 8.10. The van der Waals surface area contributed by atoms with Crippen LogP contribution >= 0.6 is 21.6 Å². The van der Waals surface area contributed by atoms with Crippen LogP contribution < -0.4 is 11.0 Å². The Kier molecular flexibility index (Phi) is 13.6. The standard InChI is InChI=1S/C25H35F3N6O6S2/c1-16(2)32-40-18-10-20(39-19(18)12-35)34-11-17(21(31-23(34)37)30-14-33(5)6)8-7-9-38-15-41-42-24(3,4)13-29-22(36)25(26,27)28/h11,14,18-20,35H,9-10,12-13,15H2,1-6H3,(H,29,36)/b30-14+/t18-,19-,20-/m1/s1. The molecule has 0 saturated carbocycles. The van der Waals surface area contributed by atoms with Crippen LogP contribution in [-0.2, 0) is 19.1 Å². The molecule has 0 aromatic carbocycles. The molecule has 1 amide bonds. The van der Waals surface area contributed by atoms with Crippen molar-refractivity contribution in [1.82, 2.24) is 19.8 Å². The number of alkyl halides is 3. The smallest absolute Gasteiger partial charge is 0.394 e. The van der Waals surface area contributed by atoms with E-state index >= 15 is 0 Å². The predicted molar refractivity (Wildman–Crippen MR) is 156 cm³/mol. The zero-order chi connectivity index (χ0) is 31.5. The highest BCUT2D eigenvalue weighted by Crippen LogP contribution is 2.35. The van der Waals surface area contributed by atoms with Gasteiger partial charge in [0.05, 0.1) is 24.2 Å². The highest BCUT2D eigenvalue weighted by molar-refractivity contribution is 8.77. The first kappa shape index (κ1) is 35.4. The number of amides is 1. The van der Waals surface area contributed by atoms with Crippen LogP contribution in [0, 0.1) is 11.8 Å². The molecule has 0 radical (unpaired) electrons. The predicted octanol–water partition coefficient (Wildman–Crippen LogP) is 2.69. The summed E-state index contributed by atoms with van der Waals surface area (Å²) in [5.41, 5.74) is 0.394. The average molecular weight is 637 g/mol. The lowest BCUT2D eigenvalue weighted by molar-refractivity contribution is -0.173. The Labute approximate surface area is 249 Å². The SMILES string of the molecule is CC(C)=NO[C@@H]1C[C@H](n2cc(C#CCOCSSC(C)(C)CNC(=O)C(F)(F)F)c(/N=C/N(C)C)nc2=O)O[C@@H]1CO. The van der Waals surface area contributed by atoms with Crippen LogP contribution in [-0.4, -0.2) is 100 Å². The second-order valence-electron chi connectivity index (χ2n) is 10.0. The van der Waals surface area contributed by atoms with Crippen LogP contribution in [0.2, 0.25) is 0 Å². The van der Waals surface area contributed by atoms with Gasteiger partial charge in [0, 0.05) is 38.0 Å². The fraction of sp³-hybridized carbons (Fsp3) is 0.640. The van der Waals surface area contributed by atoms with Crippen LogP contribution in [0.15, 0.2) is 21.1 Å². The van der Waals surface area contributed by atoms with Crippen LogP contribution in [0.5, 0.6) is 0 Å². The van der Waals surface area contributed by atoms with Crippen molar-refractivity contribution in [2.24, 2.45) is 10.1 Å². The van der Waals surface area contributed by atoms with E-state index in [9.17, 15) is 27.9 Å². The molecule has 1 aromatic heterocycles. The van der Waals surface area contributed by atoms with Crippen molar-refractivity contribution in [3.8, 4) is 11.8 Å². The molecular formula is C25H35F3N6O6S2. The fourth-order valence-corrected chi connectivity index (χ4v) is 5.34. The minimum absolute atomic E-state index is 0.00552. The van der Waals surface area contributed by atoms with E-state index in [0.717, 1.165) is 0 Å². The molecule has 0 bridgehead atoms. The number of carbonyl (C=O) groups is 1. The number of aliphatic hydroxyl groups excluding tert-OH is 1. The van der Waals surface area contributed by atoms with Gasteiger partial charge in [0.15, 0.2) is 11.9 Å². The third-order valence-electron chi connectivity index (χ3n) is 5.13. The Morgan fingerprint density at radius 3 is 2.71 bits per heavy atom. The molecule has 1 aliphatic rings. The van der Waals surface area contributed by atoms with Gasteiger partial charge in [0.25, 0.3) is 0 Å². The molecule has 3 atom stereocenters. The molecule has 2 N–H and O–H groups in total. The number of hydrogen-bond acceptors (Lipinski definition) is 11. The van der Waals surface area contributed by atoms with E-state index in [0.29, 0.717) is 11.3 Å². The average Bonchev–Trinajstić information content (AvgIpc) is 3.31. The Bertz CT molecular complexity index is 1240. The molecule has 2 heterocycles. The Morgan fingerprint density at radius 1 is 1.38 bits per heavy atom. The molecule has 42 heavy (non-hydrogen) atoms. The van der Waals surface area contributed by atoms with Gasteiger partial charge in [-0.05, 0) is 27.7 Å². The summed E-state index contributed by atoms with van der Waals surface area (Å²) in [6.45, 7) is 6.42. The number of ether oxygens (including phenoxy) is 2. The lowest BCUT2D eigenvalue weighted by atomic mass is 10.2. The summed E-state index contributed by atoms with van der Waals surface area (Å²) in [6.07, 6.45) is -3.78. The van der Waals surface area contributed by atoms with E-state index < -0.39 is 41.0 Å². The number of nitrogens with zero attached hydrogens (tertiary/aromatic N) is 5. The number of halogens is 3. The number of aliphatic imine (C=N–C) groups is 1. The van der Waals surface area contributed by atoms with Gasteiger partial charge < -0.3 is 29.6 Å². The van der Waals surface area contributed by atoms with Gasteiger partial charge in [-0.15, -0.1) is 0 Å². The molecule has 12 nitrogen and oxygen atoms in total. The molecule has 2 rings (SSSR count). The lowest BCUT2D eigenvalue weighted by Crippen LogP contribution is -2.42. The van der Waals surface area contributed by atoms with Crippen molar-refractivity contribution in [1.29, 1.82) is 0 Å². The number of rotatable bonds is 13. The first-order chi connectivity index (χ1) is 19.6. The summed E-state index contributed by atoms with van der Waals surface area (Å²) in [5.74, 6) is 4.04. The highest BCUT2D eigenvalue weighted by Gasteiger charge is 2.40. The molecule has 0 unspecified atom stereocenters. The highest BCUT2D eigenvalue weighted by atomic mass is 33.1. The molecule has 1 fully saturated rings. The van der Waals surface area contributed by atoms with Crippen LogP contribution in [0.4, 0.5) is 19.0 Å². The topological polar surface area (TPSA) is 140 Å². The van der Waals surface area contributed by atoms with Gasteiger partial charge in [-0.1, -0.05) is 38.6 Å². The van der Waals surface area contributed by atoms with Gasteiger partial charge in [0.2, 0.25) is 0 Å². The molecule has 0 spiro atoms. The van der Waals surface area contributed by atoms with E-state index in [1.165, 1.54) is 38.7 Å². The minimum atomic E-state index is -4.93. The lowest BCUT2D eigenvalue weighted by Gasteiger charge is -2.23. The Balaban J connectivity index is 2.06. The summed E-state index contributed by atoms with van der Waals surface area (Å²) < 4.78 is 49.1. The van der Waals surface area contributed by atoms with E-state index in [2.05, 4.69) is 27.0 Å². The van der Waals surface area contributed by atoms with Crippen LogP contribution in [0.25, 0.3) is 0 Å². The van der Waals surface area contributed by atoms with E-state index in [-0.39, 0.29) is 37.9 Å². The Hall–Kier alpha value is -2.78.